The van der Waals surface area contributed by atoms with Crippen molar-refractivity contribution in [1.82, 2.24) is 4.90 Å². The molecule has 2 aliphatic rings. The Hall–Kier alpha value is -1.96. The van der Waals surface area contributed by atoms with Crippen LogP contribution in [0.5, 0.6) is 0 Å². The molecule has 0 saturated carbocycles. The lowest BCUT2D eigenvalue weighted by Gasteiger charge is -2.22. The van der Waals surface area contributed by atoms with Gasteiger partial charge in [-0.05, 0) is 0 Å². The van der Waals surface area contributed by atoms with Gasteiger partial charge < -0.3 is 14.9 Å². The molecule has 0 spiro atoms. The SMILES string of the molecule is O=C(O)C[C@@H](C(=O)O)N1C(=O)C2COCC2C1=O. The van der Waals surface area contributed by atoms with Crippen molar-refractivity contribution in [2.24, 2.45) is 11.8 Å². The number of carboxylic acid groups (broad SMARTS) is 2. The van der Waals surface area contributed by atoms with Crippen molar-refractivity contribution in [3.63, 3.8) is 0 Å². The van der Waals surface area contributed by atoms with E-state index in [1.165, 1.54) is 0 Å². The summed E-state index contributed by atoms with van der Waals surface area (Å²) in [7, 11) is 0. The summed E-state index contributed by atoms with van der Waals surface area (Å²) in [6.45, 7) is 0.149. The van der Waals surface area contributed by atoms with Gasteiger partial charge in [-0.25, -0.2) is 4.79 Å². The average Bonchev–Trinajstić information content (AvgIpc) is 2.82. The Bertz CT molecular complexity index is 410. The van der Waals surface area contributed by atoms with E-state index < -0.39 is 48.1 Å². The minimum atomic E-state index is -1.65. The average molecular weight is 257 g/mol. The second kappa shape index (κ2) is 4.37. The van der Waals surface area contributed by atoms with E-state index in [-0.39, 0.29) is 13.2 Å². The van der Waals surface area contributed by atoms with E-state index in [0.29, 0.717) is 4.90 Å². The first-order valence-corrected chi connectivity index (χ1v) is 5.32. The molecule has 2 amide bonds. The lowest BCUT2D eigenvalue weighted by Crippen LogP contribution is -2.47. The highest BCUT2D eigenvalue weighted by molar-refractivity contribution is 6.08. The molecule has 0 aromatic heterocycles. The van der Waals surface area contributed by atoms with Gasteiger partial charge in [0.25, 0.3) is 0 Å². The molecule has 2 fully saturated rings. The van der Waals surface area contributed by atoms with Crippen LogP contribution in [0, 0.1) is 11.8 Å². The zero-order chi connectivity index (χ0) is 13.4. The number of hydrogen-bond acceptors (Lipinski definition) is 5. The maximum Gasteiger partial charge on any atom is 0.327 e. The van der Waals surface area contributed by atoms with Crippen molar-refractivity contribution in [3.05, 3.63) is 0 Å². The lowest BCUT2D eigenvalue weighted by molar-refractivity contribution is -0.158. The van der Waals surface area contributed by atoms with Gasteiger partial charge in [0.2, 0.25) is 11.8 Å². The van der Waals surface area contributed by atoms with Crippen LogP contribution in [0.2, 0.25) is 0 Å². The number of fused-ring (bicyclic) bond motifs is 1. The third-order valence-corrected chi connectivity index (χ3v) is 3.15. The maximum atomic E-state index is 11.9. The van der Waals surface area contributed by atoms with E-state index in [1.54, 1.807) is 0 Å². The van der Waals surface area contributed by atoms with Gasteiger partial charge in [0.1, 0.15) is 6.04 Å². The van der Waals surface area contributed by atoms with Gasteiger partial charge in [-0.15, -0.1) is 0 Å². The number of ether oxygens (including phenoxy) is 1. The van der Waals surface area contributed by atoms with E-state index in [0.717, 1.165) is 0 Å². The highest BCUT2D eigenvalue weighted by atomic mass is 16.5. The summed E-state index contributed by atoms with van der Waals surface area (Å²) in [4.78, 5) is 45.9. The normalized spacial score (nSPS) is 28.3. The number of imide groups is 1. The van der Waals surface area contributed by atoms with Crippen LogP contribution in [-0.4, -0.2) is 58.1 Å². The van der Waals surface area contributed by atoms with Crippen LogP contribution in [0.4, 0.5) is 0 Å². The third-order valence-electron chi connectivity index (χ3n) is 3.15. The van der Waals surface area contributed by atoms with Gasteiger partial charge in [-0.2, -0.15) is 0 Å². The molecule has 98 valence electrons. The topological polar surface area (TPSA) is 121 Å². The van der Waals surface area contributed by atoms with Gasteiger partial charge in [-0.3, -0.25) is 19.3 Å². The summed E-state index contributed by atoms with van der Waals surface area (Å²) >= 11 is 0. The number of hydrogen-bond donors (Lipinski definition) is 2. The van der Waals surface area contributed by atoms with E-state index in [4.69, 9.17) is 14.9 Å². The van der Waals surface area contributed by atoms with Gasteiger partial charge in [0.15, 0.2) is 0 Å². The summed E-state index contributed by atoms with van der Waals surface area (Å²) < 4.78 is 4.99. The molecule has 0 aromatic rings. The quantitative estimate of drug-likeness (QED) is 0.590. The fourth-order valence-electron chi connectivity index (χ4n) is 2.27. The Morgan fingerprint density at radius 3 is 2.11 bits per heavy atom. The fraction of sp³-hybridized carbons (Fsp3) is 0.600. The number of carboxylic acids is 2. The molecule has 0 aromatic carbocycles. The summed E-state index contributed by atoms with van der Waals surface area (Å²) in [5.41, 5.74) is 0. The molecule has 2 unspecified atom stereocenters. The van der Waals surface area contributed by atoms with E-state index in [9.17, 15) is 19.2 Å². The Balaban J connectivity index is 2.26. The first kappa shape index (κ1) is 12.5. The van der Waals surface area contributed by atoms with E-state index in [1.807, 2.05) is 0 Å². The van der Waals surface area contributed by atoms with E-state index >= 15 is 0 Å². The second-order valence-corrected chi connectivity index (χ2v) is 4.25. The van der Waals surface area contributed by atoms with Gasteiger partial charge >= 0.3 is 11.9 Å². The minimum absolute atomic E-state index is 0.0746. The largest absolute Gasteiger partial charge is 0.481 e. The first-order chi connectivity index (χ1) is 8.43. The van der Waals surface area contributed by atoms with E-state index in [2.05, 4.69) is 0 Å². The van der Waals surface area contributed by atoms with Gasteiger partial charge in [0.05, 0.1) is 31.5 Å². The fourth-order valence-corrected chi connectivity index (χ4v) is 2.27. The number of likely N-dealkylation sites (tertiary alicyclic amines) is 1. The van der Waals surface area contributed by atoms with Gasteiger partial charge in [-0.1, -0.05) is 0 Å². The van der Waals surface area contributed by atoms with Crippen LogP contribution in [0.15, 0.2) is 0 Å². The number of aliphatic carboxylic acids is 2. The second-order valence-electron chi connectivity index (χ2n) is 4.25. The zero-order valence-corrected chi connectivity index (χ0v) is 9.24. The molecule has 0 bridgehead atoms. The summed E-state index contributed by atoms with van der Waals surface area (Å²) in [5.74, 6) is -5.54. The Kier molecular flexibility index (Phi) is 3.04. The Morgan fingerprint density at radius 1 is 1.22 bits per heavy atom. The van der Waals surface area contributed by atoms with Crippen LogP contribution in [0.25, 0.3) is 0 Å². The zero-order valence-electron chi connectivity index (χ0n) is 9.24. The number of carbonyl (C=O) groups excluding carboxylic acids is 2. The molecule has 2 saturated heterocycles. The molecular formula is C10H11NO7. The highest BCUT2D eigenvalue weighted by Crippen LogP contribution is 2.33. The van der Waals surface area contributed by atoms with Crippen molar-refractivity contribution < 1.29 is 34.1 Å². The monoisotopic (exact) mass is 257 g/mol. The Morgan fingerprint density at radius 2 is 1.72 bits per heavy atom. The highest BCUT2D eigenvalue weighted by Gasteiger charge is 2.54. The van der Waals surface area contributed by atoms with Crippen molar-refractivity contribution in [3.8, 4) is 0 Å². The predicted octanol–water partition coefficient (Wildman–Crippen LogP) is -1.45. The maximum absolute atomic E-state index is 11.9. The molecule has 0 aliphatic carbocycles. The summed E-state index contributed by atoms with van der Waals surface area (Å²) in [6.07, 6.45) is -0.799. The van der Waals surface area contributed by atoms with Crippen LogP contribution >= 0.6 is 0 Å². The molecular weight excluding hydrogens is 246 g/mol. The molecule has 0 radical (unpaired) electrons. The number of amides is 2. The summed E-state index contributed by atoms with van der Waals surface area (Å²) in [6, 6.07) is -1.65. The van der Waals surface area contributed by atoms with Gasteiger partial charge in [0, 0.05) is 0 Å². The predicted molar refractivity (Wildman–Crippen MR) is 53.3 cm³/mol. The standard InChI is InChI=1S/C10H11NO7/c12-7(13)1-6(10(16)17)11-8(14)4-2-18-3-5(4)9(11)15/h4-6H,1-3H2,(H,12,13)(H,16,17)/t4?,5?,6-/m0/s1. The number of carbonyl (C=O) groups is 4. The molecule has 2 N–H and O–H groups in total. The smallest absolute Gasteiger partial charge is 0.327 e. The van der Waals surface area contributed by atoms with Crippen LogP contribution < -0.4 is 0 Å². The molecule has 18 heavy (non-hydrogen) atoms. The van der Waals surface area contributed by atoms with Crippen LogP contribution in [0.1, 0.15) is 6.42 Å². The summed E-state index contributed by atoms with van der Waals surface area (Å²) in [5, 5.41) is 17.6. The van der Waals surface area contributed by atoms with Crippen molar-refractivity contribution in [2.75, 3.05) is 13.2 Å². The van der Waals surface area contributed by atoms with Crippen molar-refractivity contribution >= 4 is 23.8 Å². The van der Waals surface area contributed by atoms with Crippen LogP contribution in [0.3, 0.4) is 0 Å². The third kappa shape index (κ3) is 1.84. The number of nitrogens with zero attached hydrogens (tertiary/aromatic N) is 1. The van der Waals surface area contributed by atoms with Crippen molar-refractivity contribution in [1.29, 1.82) is 0 Å². The van der Waals surface area contributed by atoms with Crippen molar-refractivity contribution in [2.45, 2.75) is 12.5 Å². The molecule has 3 atom stereocenters. The molecule has 2 rings (SSSR count). The lowest BCUT2D eigenvalue weighted by atomic mass is 10.00. The van der Waals surface area contributed by atoms with Crippen LogP contribution in [-0.2, 0) is 23.9 Å². The Labute approximate surface area is 101 Å². The molecule has 2 heterocycles. The first-order valence-electron chi connectivity index (χ1n) is 5.32. The molecule has 8 nitrogen and oxygen atoms in total. The number of rotatable bonds is 4. The minimum Gasteiger partial charge on any atom is -0.481 e. The molecule has 8 heteroatoms. The molecule has 2 aliphatic heterocycles.